The Labute approximate surface area is 171 Å². The van der Waals surface area contributed by atoms with Gasteiger partial charge in [-0.2, -0.15) is 0 Å². The molecule has 0 aromatic heterocycles. The van der Waals surface area contributed by atoms with Crippen molar-refractivity contribution in [2.24, 2.45) is 0 Å². The molecule has 2 aromatic carbocycles. The Morgan fingerprint density at radius 3 is 2.66 bits per heavy atom. The highest BCUT2D eigenvalue weighted by Crippen LogP contribution is 2.30. The zero-order chi connectivity index (χ0) is 20.5. The SMILES string of the molecule is COCCOc1cc(NC(=O)c2cccc(CN3CCOCC3)c2)ccc1OC. The van der Waals surface area contributed by atoms with Gasteiger partial charge in [0.1, 0.15) is 6.61 Å². The summed E-state index contributed by atoms with van der Waals surface area (Å²) in [5, 5.41) is 2.93. The van der Waals surface area contributed by atoms with Gasteiger partial charge in [0.25, 0.3) is 5.91 Å². The number of morpholine rings is 1. The standard InChI is InChI=1S/C22H28N2O5/c1-26-12-13-29-21-15-19(6-7-20(21)27-2)23-22(25)18-5-3-4-17(14-18)16-24-8-10-28-11-9-24/h3-7,14-15H,8-13,16H2,1-2H3,(H,23,25). The quantitative estimate of drug-likeness (QED) is 0.653. The van der Waals surface area contributed by atoms with Gasteiger partial charge < -0.3 is 24.3 Å². The maximum absolute atomic E-state index is 12.7. The van der Waals surface area contributed by atoms with Gasteiger partial charge in [0.05, 0.1) is 26.9 Å². The Hall–Kier alpha value is -2.61. The molecule has 0 saturated carbocycles. The van der Waals surface area contributed by atoms with Crippen LogP contribution in [0.5, 0.6) is 11.5 Å². The highest BCUT2D eigenvalue weighted by atomic mass is 16.5. The lowest BCUT2D eigenvalue weighted by Crippen LogP contribution is -2.35. The average Bonchev–Trinajstić information content (AvgIpc) is 2.75. The number of hydrogen-bond acceptors (Lipinski definition) is 6. The van der Waals surface area contributed by atoms with Crippen molar-refractivity contribution in [3.8, 4) is 11.5 Å². The molecule has 1 fully saturated rings. The lowest BCUT2D eigenvalue weighted by Gasteiger charge is -2.26. The minimum atomic E-state index is -0.165. The highest BCUT2D eigenvalue weighted by molar-refractivity contribution is 6.04. The van der Waals surface area contributed by atoms with Crippen LogP contribution in [0.3, 0.4) is 0 Å². The predicted octanol–water partition coefficient (Wildman–Crippen LogP) is 2.80. The normalized spacial score (nSPS) is 14.4. The van der Waals surface area contributed by atoms with Crippen LogP contribution in [0.15, 0.2) is 42.5 Å². The number of hydrogen-bond donors (Lipinski definition) is 1. The number of carbonyl (C=O) groups excluding carboxylic acids is 1. The van der Waals surface area contributed by atoms with E-state index in [1.54, 1.807) is 32.4 Å². The maximum Gasteiger partial charge on any atom is 0.255 e. The van der Waals surface area contributed by atoms with Gasteiger partial charge in [-0.25, -0.2) is 0 Å². The second kappa shape index (κ2) is 10.8. The van der Waals surface area contributed by atoms with E-state index in [0.717, 1.165) is 38.4 Å². The van der Waals surface area contributed by atoms with Gasteiger partial charge in [-0.15, -0.1) is 0 Å². The zero-order valence-corrected chi connectivity index (χ0v) is 17.0. The van der Waals surface area contributed by atoms with Crippen molar-refractivity contribution in [1.29, 1.82) is 0 Å². The number of amides is 1. The molecule has 0 aliphatic carbocycles. The summed E-state index contributed by atoms with van der Waals surface area (Å²) in [6, 6.07) is 13.0. The van der Waals surface area contributed by atoms with Crippen LogP contribution in [-0.2, 0) is 16.0 Å². The first-order chi connectivity index (χ1) is 14.2. The Kier molecular flexibility index (Phi) is 7.86. The number of ether oxygens (including phenoxy) is 4. The van der Waals surface area contributed by atoms with Crippen molar-refractivity contribution in [2.75, 3.05) is 59.1 Å². The average molecular weight is 400 g/mol. The molecule has 1 N–H and O–H groups in total. The molecule has 0 unspecified atom stereocenters. The first-order valence-corrected chi connectivity index (χ1v) is 9.70. The predicted molar refractivity (Wildman–Crippen MR) is 111 cm³/mol. The fraction of sp³-hybridized carbons (Fsp3) is 0.409. The van der Waals surface area contributed by atoms with Crippen molar-refractivity contribution < 1.29 is 23.7 Å². The van der Waals surface area contributed by atoms with Gasteiger partial charge in [0.2, 0.25) is 0 Å². The number of anilines is 1. The van der Waals surface area contributed by atoms with E-state index in [0.29, 0.717) is 36.0 Å². The first-order valence-electron chi connectivity index (χ1n) is 9.70. The van der Waals surface area contributed by atoms with Crippen LogP contribution in [0.25, 0.3) is 0 Å². The Bertz CT molecular complexity index is 806. The fourth-order valence-corrected chi connectivity index (χ4v) is 3.13. The van der Waals surface area contributed by atoms with E-state index in [1.165, 1.54) is 0 Å². The molecule has 1 heterocycles. The molecule has 29 heavy (non-hydrogen) atoms. The number of benzene rings is 2. The van der Waals surface area contributed by atoms with E-state index in [4.69, 9.17) is 18.9 Å². The monoisotopic (exact) mass is 400 g/mol. The van der Waals surface area contributed by atoms with E-state index in [2.05, 4.69) is 10.2 Å². The molecule has 0 bridgehead atoms. The van der Waals surface area contributed by atoms with Crippen molar-refractivity contribution in [3.63, 3.8) is 0 Å². The molecule has 7 nitrogen and oxygen atoms in total. The molecule has 156 valence electrons. The first kappa shape index (κ1) is 21.1. The Morgan fingerprint density at radius 1 is 1.07 bits per heavy atom. The van der Waals surface area contributed by atoms with Crippen LogP contribution >= 0.6 is 0 Å². The Morgan fingerprint density at radius 2 is 1.90 bits per heavy atom. The fourth-order valence-electron chi connectivity index (χ4n) is 3.13. The van der Waals surface area contributed by atoms with Crippen LogP contribution in [0.2, 0.25) is 0 Å². The lowest BCUT2D eigenvalue weighted by molar-refractivity contribution is 0.0342. The summed E-state index contributed by atoms with van der Waals surface area (Å²) in [5.41, 5.74) is 2.37. The summed E-state index contributed by atoms with van der Waals surface area (Å²) in [6.07, 6.45) is 0. The topological polar surface area (TPSA) is 69.3 Å². The van der Waals surface area contributed by atoms with Crippen LogP contribution < -0.4 is 14.8 Å². The zero-order valence-electron chi connectivity index (χ0n) is 17.0. The number of methoxy groups -OCH3 is 2. The third-order valence-electron chi connectivity index (χ3n) is 4.67. The number of nitrogens with one attached hydrogen (secondary N) is 1. The second-order valence-electron chi connectivity index (χ2n) is 6.75. The summed E-state index contributed by atoms with van der Waals surface area (Å²) < 4.78 is 21.4. The molecule has 7 heteroatoms. The summed E-state index contributed by atoms with van der Waals surface area (Å²) in [6.45, 7) is 5.01. The number of carbonyl (C=O) groups is 1. The van der Waals surface area contributed by atoms with Crippen molar-refractivity contribution in [3.05, 3.63) is 53.6 Å². The molecule has 1 saturated heterocycles. The van der Waals surface area contributed by atoms with Crippen LogP contribution in [0.1, 0.15) is 15.9 Å². The molecule has 1 aliphatic rings. The van der Waals surface area contributed by atoms with E-state index < -0.39 is 0 Å². The maximum atomic E-state index is 12.7. The van der Waals surface area contributed by atoms with Crippen LogP contribution in [-0.4, -0.2) is 64.5 Å². The molecule has 1 aliphatic heterocycles. The molecular weight excluding hydrogens is 372 g/mol. The molecule has 1 amide bonds. The molecule has 0 atom stereocenters. The van der Waals surface area contributed by atoms with Gasteiger partial charge in [0, 0.05) is 44.1 Å². The van der Waals surface area contributed by atoms with Gasteiger partial charge in [0.15, 0.2) is 11.5 Å². The van der Waals surface area contributed by atoms with Crippen LogP contribution in [0, 0.1) is 0 Å². The van der Waals surface area contributed by atoms with Crippen molar-refractivity contribution >= 4 is 11.6 Å². The third kappa shape index (κ3) is 6.19. The number of nitrogens with zero attached hydrogens (tertiary/aromatic N) is 1. The molecule has 3 rings (SSSR count). The molecule has 2 aromatic rings. The summed E-state index contributed by atoms with van der Waals surface area (Å²) >= 11 is 0. The summed E-state index contributed by atoms with van der Waals surface area (Å²) in [4.78, 5) is 15.1. The van der Waals surface area contributed by atoms with Gasteiger partial charge in [-0.3, -0.25) is 9.69 Å². The smallest absolute Gasteiger partial charge is 0.255 e. The van der Waals surface area contributed by atoms with Crippen molar-refractivity contribution in [1.82, 2.24) is 4.90 Å². The molecule has 0 radical (unpaired) electrons. The Balaban J connectivity index is 1.66. The number of rotatable bonds is 9. The summed E-state index contributed by atoms with van der Waals surface area (Å²) in [7, 11) is 3.20. The van der Waals surface area contributed by atoms with Gasteiger partial charge in [-0.05, 0) is 29.8 Å². The highest BCUT2D eigenvalue weighted by Gasteiger charge is 2.13. The van der Waals surface area contributed by atoms with E-state index >= 15 is 0 Å². The van der Waals surface area contributed by atoms with Gasteiger partial charge in [-0.1, -0.05) is 12.1 Å². The van der Waals surface area contributed by atoms with Crippen LogP contribution in [0.4, 0.5) is 5.69 Å². The third-order valence-corrected chi connectivity index (χ3v) is 4.67. The van der Waals surface area contributed by atoms with Gasteiger partial charge >= 0.3 is 0 Å². The summed E-state index contributed by atoms with van der Waals surface area (Å²) in [5.74, 6) is 0.997. The molecular formula is C22H28N2O5. The van der Waals surface area contributed by atoms with E-state index in [1.807, 2.05) is 24.3 Å². The van der Waals surface area contributed by atoms with E-state index in [-0.39, 0.29) is 5.91 Å². The lowest BCUT2D eigenvalue weighted by atomic mass is 10.1. The largest absolute Gasteiger partial charge is 0.493 e. The molecule has 0 spiro atoms. The van der Waals surface area contributed by atoms with E-state index in [9.17, 15) is 4.79 Å². The minimum Gasteiger partial charge on any atom is -0.493 e. The second-order valence-corrected chi connectivity index (χ2v) is 6.75. The minimum absolute atomic E-state index is 0.165. The van der Waals surface area contributed by atoms with Crippen molar-refractivity contribution in [2.45, 2.75) is 6.54 Å².